The summed E-state index contributed by atoms with van der Waals surface area (Å²) < 4.78 is 0.943. The molecule has 1 rings (SSSR count). The number of likely N-dealkylation sites (N-methyl/N-ethyl adjacent to an activating group) is 1. The molecule has 4 heteroatoms. The van der Waals surface area contributed by atoms with E-state index in [0.717, 1.165) is 34.9 Å². The van der Waals surface area contributed by atoms with Crippen molar-refractivity contribution in [2.45, 2.75) is 6.92 Å². The molecule has 0 amide bonds. The molecule has 0 aromatic heterocycles. The molecule has 0 aliphatic carbocycles. The molecule has 1 N–H and O–H groups in total. The molecule has 0 unspecified atom stereocenters. The second-order valence-corrected chi connectivity index (χ2v) is 4.56. The van der Waals surface area contributed by atoms with Gasteiger partial charge in [0.1, 0.15) is 0 Å². The van der Waals surface area contributed by atoms with E-state index in [1.54, 1.807) is 6.08 Å². The lowest BCUT2D eigenvalue weighted by Crippen LogP contribution is -2.22. The van der Waals surface area contributed by atoms with Crippen LogP contribution in [-0.4, -0.2) is 24.2 Å². The van der Waals surface area contributed by atoms with Gasteiger partial charge in [-0.2, -0.15) is 0 Å². The van der Waals surface area contributed by atoms with Crippen LogP contribution in [0.25, 0.3) is 6.08 Å². The Bertz CT molecular complexity index is 469. The zero-order valence-corrected chi connectivity index (χ0v) is 11.9. The molecule has 3 nitrogen and oxygen atoms in total. The smallest absolute Gasteiger partial charge is 0.328 e. The highest BCUT2D eigenvalue weighted by Crippen LogP contribution is 2.27. The van der Waals surface area contributed by atoms with Gasteiger partial charge in [-0.05, 0) is 46.6 Å². The lowest BCUT2D eigenvalue weighted by Gasteiger charge is -2.22. The molecule has 1 aromatic carbocycles. The van der Waals surface area contributed by atoms with Crippen LogP contribution in [0, 0.1) is 0 Å². The zero-order chi connectivity index (χ0) is 13.5. The van der Waals surface area contributed by atoms with Crippen LogP contribution in [0.3, 0.4) is 0 Å². The summed E-state index contributed by atoms with van der Waals surface area (Å²) >= 11 is 3.51. The third-order valence-corrected chi connectivity index (χ3v) is 3.10. The highest BCUT2D eigenvalue weighted by Gasteiger charge is 2.06. The number of carboxylic acids is 1. The lowest BCUT2D eigenvalue weighted by atomic mass is 10.2. The molecular weight excluding hydrogens is 294 g/mol. The highest BCUT2D eigenvalue weighted by molar-refractivity contribution is 9.10. The van der Waals surface area contributed by atoms with E-state index < -0.39 is 5.97 Å². The number of halogens is 1. The minimum Gasteiger partial charge on any atom is -0.478 e. The number of carbonyl (C=O) groups is 1. The van der Waals surface area contributed by atoms with Crippen molar-refractivity contribution in [3.8, 4) is 0 Å². The van der Waals surface area contributed by atoms with Gasteiger partial charge in [-0.1, -0.05) is 12.1 Å². The van der Waals surface area contributed by atoms with E-state index in [2.05, 4.69) is 34.3 Å². The minimum atomic E-state index is -0.947. The van der Waals surface area contributed by atoms with E-state index in [1.807, 2.05) is 24.3 Å². The number of rotatable bonds is 6. The predicted molar refractivity (Wildman–Crippen MR) is 78.9 cm³/mol. The van der Waals surface area contributed by atoms with E-state index in [-0.39, 0.29) is 0 Å². The van der Waals surface area contributed by atoms with Gasteiger partial charge in [0.2, 0.25) is 0 Å². The van der Waals surface area contributed by atoms with Gasteiger partial charge >= 0.3 is 5.97 Å². The second kappa shape index (κ2) is 7.01. The molecule has 96 valence electrons. The van der Waals surface area contributed by atoms with Crippen molar-refractivity contribution in [2.24, 2.45) is 0 Å². The summed E-state index contributed by atoms with van der Waals surface area (Å²) in [5, 5.41) is 8.58. The van der Waals surface area contributed by atoms with Crippen molar-refractivity contribution in [2.75, 3.05) is 18.0 Å². The first-order chi connectivity index (χ1) is 8.58. The van der Waals surface area contributed by atoms with Gasteiger partial charge in [0.05, 0.1) is 5.69 Å². The van der Waals surface area contributed by atoms with Crippen molar-refractivity contribution < 1.29 is 9.90 Å². The molecule has 0 spiro atoms. The predicted octanol–water partition coefficient (Wildman–Crippen LogP) is 3.56. The average Bonchev–Trinajstić information content (AvgIpc) is 2.34. The first-order valence-corrected chi connectivity index (χ1v) is 6.44. The molecule has 0 fully saturated rings. The SMILES string of the molecule is C=CCN(CC)c1ccc(/C=C/C(=O)O)cc1Br. The zero-order valence-electron chi connectivity index (χ0n) is 10.3. The minimum absolute atomic E-state index is 0.777. The number of nitrogens with zero attached hydrogens (tertiary/aromatic N) is 1. The molecule has 0 atom stereocenters. The van der Waals surface area contributed by atoms with E-state index in [1.165, 1.54) is 0 Å². The number of aliphatic carboxylic acids is 1. The van der Waals surface area contributed by atoms with Crippen LogP contribution in [0.2, 0.25) is 0 Å². The summed E-state index contributed by atoms with van der Waals surface area (Å²) in [6, 6.07) is 5.77. The van der Waals surface area contributed by atoms with Crippen LogP contribution >= 0.6 is 15.9 Å². The van der Waals surface area contributed by atoms with Gasteiger partial charge < -0.3 is 10.0 Å². The Morgan fingerprint density at radius 1 is 1.56 bits per heavy atom. The number of anilines is 1. The number of hydrogen-bond acceptors (Lipinski definition) is 2. The lowest BCUT2D eigenvalue weighted by molar-refractivity contribution is -0.131. The van der Waals surface area contributed by atoms with E-state index in [9.17, 15) is 4.79 Å². The summed E-state index contributed by atoms with van der Waals surface area (Å²) in [5.74, 6) is -0.947. The molecule has 0 radical (unpaired) electrons. The Hall–Kier alpha value is -1.55. The Kier molecular flexibility index (Phi) is 5.65. The summed E-state index contributed by atoms with van der Waals surface area (Å²) in [4.78, 5) is 12.6. The second-order valence-electron chi connectivity index (χ2n) is 3.71. The van der Waals surface area contributed by atoms with Crippen LogP contribution < -0.4 is 4.90 Å². The topological polar surface area (TPSA) is 40.5 Å². The van der Waals surface area contributed by atoms with E-state index in [4.69, 9.17) is 5.11 Å². The highest BCUT2D eigenvalue weighted by atomic mass is 79.9. The Morgan fingerprint density at radius 3 is 2.78 bits per heavy atom. The molecule has 0 saturated heterocycles. The van der Waals surface area contributed by atoms with Crippen molar-refractivity contribution in [1.82, 2.24) is 0 Å². The van der Waals surface area contributed by atoms with Crippen LogP contribution in [0.4, 0.5) is 5.69 Å². The summed E-state index contributed by atoms with van der Waals surface area (Å²) in [6.45, 7) is 7.48. The van der Waals surface area contributed by atoms with Gasteiger partial charge in [-0.3, -0.25) is 0 Å². The molecule has 0 heterocycles. The molecule has 0 bridgehead atoms. The molecular formula is C14H16BrNO2. The molecule has 18 heavy (non-hydrogen) atoms. The van der Waals surface area contributed by atoms with Gasteiger partial charge in [-0.25, -0.2) is 4.79 Å². The van der Waals surface area contributed by atoms with Crippen LogP contribution in [0.1, 0.15) is 12.5 Å². The van der Waals surface area contributed by atoms with Crippen molar-refractivity contribution >= 4 is 33.7 Å². The molecule has 0 aliphatic heterocycles. The quantitative estimate of drug-likeness (QED) is 0.645. The molecule has 0 saturated carbocycles. The first kappa shape index (κ1) is 14.5. The maximum atomic E-state index is 10.4. The van der Waals surface area contributed by atoms with Gasteiger partial charge in [0, 0.05) is 23.6 Å². The fourth-order valence-electron chi connectivity index (χ4n) is 1.60. The normalized spacial score (nSPS) is 10.6. The fourth-order valence-corrected chi connectivity index (χ4v) is 2.25. The Balaban J connectivity index is 2.97. The average molecular weight is 310 g/mol. The number of benzene rings is 1. The number of carboxylic acid groups (broad SMARTS) is 1. The Labute approximate surface area is 116 Å². The fraction of sp³-hybridized carbons (Fsp3) is 0.214. The summed E-state index contributed by atoms with van der Waals surface area (Å²) in [5.41, 5.74) is 1.92. The third kappa shape index (κ3) is 4.04. The van der Waals surface area contributed by atoms with Crippen molar-refractivity contribution in [1.29, 1.82) is 0 Å². The van der Waals surface area contributed by atoms with Crippen LogP contribution in [0.5, 0.6) is 0 Å². The Morgan fingerprint density at radius 2 is 2.28 bits per heavy atom. The summed E-state index contributed by atoms with van der Waals surface area (Å²) in [7, 11) is 0. The molecule has 0 aliphatic rings. The largest absolute Gasteiger partial charge is 0.478 e. The van der Waals surface area contributed by atoms with Crippen molar-refractivity contribution in [3.05, 3.63) is 47.0 Å². The molecule has 1 aromatic rings. The maximum absolute atomic E-state index is 10.4. The van der Waals surface area contributed by atoms with E-state index in [0.29, 0.717) is 0 Å². The van der Waals surface area contributed by atoms with Gasteiger partial charge in [-0.15, -0.1) is 6.58 Å². The van der Waals surface area contributed by atoms with Crippen molar-refractivity contribution in [3.63, 3.8) is 0 Å². The summed E-state index contributed by atoms with van der Waals surface area (Å²) in [6.07, 6.45) is 4.55. The van der Waals surface area contributed by atoms with Gasteiger partial charge in [0.15, 0.2) is 0 Å². The van der Waals surface area contributed by atoms with E-state index >= 15 is 0 Å². The third-order valence-electron chi connectivity index (χ3n) is 2.46. The first-order valence-electron chi connectivity index (χ1n) is 5.65. The standard InChI is InChI=1S/C14H16BrNO2/c1-3-9-16(4-2)13-7-5-11(10-12(13)15)6-8-14(17)18/h3,5-8,10H,1,4,9H2,2H3,(H,17,18)/b8-6+. The monoisotopic (exact) mass is 309 g/mol. The maximum Gasteiger partial charge on any atom is 0.328 e. The number of hydrogen-bond donors (Lipinski definition) is 1. The van der Waals surface area contributed by atoms with Gasteiger partial charge in [0.25, 0.3) is 0 Å². The van der Waals surface area contributed by atoms with Crippen LogP contribution in [0.15, 0.2) is 41.4 Å². The van der Waals surface area contributed by atoms with Crippen LogP contribution in [-0.2, 0) is 4.79 Å².